The molecule has 3 aromatic rings. The lowest BCUT2D eigenvalue weighted by molar-refractivity contribution is 0.577. The predicted molar refractivity (Wildman–Crippen MR) is 114 cm³/mol. The van der Waals surface area contributed by atoms with Crippen molar-refractivity contribution < 1.29 is 4.42 Å². The Morgan fingerprint density at radius 2 is 2.17 bits per heavy atom. The van der Waals surface area contributed by atoms with Crippen LogP contribution in [0.1, 0.15) is 31.2 Å². The Kier molecular flexibility index (Phi) is 5.85. The third-order valence-corrected chi connectivity index (χ3v) is 5.34. The fourth-order valence-electron chi connectivity index (χ4n) is 3.30. The van der Waals surface area contributed by atoms with E-state index >= 15 is 0 Å². The second kappa shape index (κ2) is 8.69. The average Bonchev–Trinajstić information content (AvgIpc) is 3.10. The number of H-pyrrole nitrogens is 1. The van der Waals surface area contributed by atoms with Gasteiger partial charge in [-0.1, -0.05) is 23.7 Å². The smallest absolute Gasteiger partial charge is 0.216 e. The van der Waals surface area contributed by atoms with Gasteiger partial charge in [-0.15, -0.1) is 0 Å². The van der Waals surface area contributed by atoms with Crippen molar-refractivity contribution in [2.24, 2.45) is 4.99 Å². The van der Waals surface area contributed by atoms with Crippen molar-refractivity contribution in [1.29, 1.82) is 0 Å². The van der Waals surface area contributed by atoms with Gasteiger partial charge in [0.15, 0.2) is 11.7 Å². The Hall–Kier alpha value is -2.80. The van der Waals surface area contributed by atoms with Crippen molar-refractivity contribution in [3.05, 3.63) is 59.1 Å². The molecule has 2 heterocycles. The molecule has 1 aliphatic rings. The van der Waals surface area contributed by atoms with Crippen LogP contribution in [0.4, 0.5) is 0 Å². The number of aromatic amines is 1. The van der Waals surface area contributed by atoms with Crippen LogP contribution in [-0.2, 0) is 11.8 Å². The van der Waals surface area contributed by atoms with Gasteiger partial charge in [0.2, 0.25) is 5.82 Å². The zero-order valence-electron chi connectivity index (χ0n) is 16.4. The van der Waals surface area contributed by atoms with Crippen LogP contribution in [0.2, 0.25) is 5.02 Å². The highest BCUT2D eigenvalue weighted by Gasteiger charge is 2.44. The van der Waals surface area contributed by atoms with E-state index in [1.54, 1.807) is 6.26 Å². The van der Waals surface area contributed by atoms with Gasteiger partial charge in [0, 0.05) is 29.9 Å². The second-order valence-electron chi connectivity index (χ2n) is 7.25. The van der Waals surface area contributed by atoms with Crippen molar-refractivity contribution >= 4 is 17.6 Å². The van der Waals surface area contributed by atoms with Crippen molar-refractivity contribution in [3.63, 3.8) is 0 Å². The Balaban J connectivity index is 1.33. The average molecular weight is 413 g/mol. The summed E-state index contributed by atoms with van der Waals surface area (Å²) in [5.41, 5.74) is 1.40. The van der Waals surface area contributed by atoms with E-state index < -0.39 is 0 Å². The number of guanidine groups is 1. The van der Waals surface area contributed by atoms with Crippen molar-refractivity contribution in [2.75, 3.05) is 19.6 Å². The van der Waals surface area contributed by atoms with Crippen LogP contribution in [0.15, 0.2) is 52.1 Å². The van der Waals surface area contributed by atoms with Crippen LogP contribution in [-0.4, -0.2) is 40.8 Å². The fourth-order valence-corrected chi connectivity index (χ4v) is 3.49. The summed E-state index contributed by atoms with van der Waals surface area (Å²) in [7, 11) is 0. The minimum absolute atomic E-state index is 0.121. The Labute approximate surface area is 175 Å². The van der Waals surface area contributed by atoms with Gasteiger partial charge in [0.05, 0.1) is 12.8 Å². The van der Waals surface area contributed by atoms with Crippen LogP contribution in [0.25, 0.3) is 11.6 Å². The zero-order valence-corrected chi connectivity index (χ0v) is 17.2. The van der Waals surface area contributed by atoms with Gasteiger partial charge in [-0.2, -0.15) is 5.10 Å². The molecule has 0 spiro atoms. The minimum atomic E-state index is 0.121. The standard InChI is InChI=1S/C21H25ClN6O/c1-2-23-20(25-14-21(9-10-21)15-5-3-6-16(22)13-15)24-11-8-18-26-19(28-27-18)17-7-4-12-29-17/h3-7,12-13H,2,8-11,14H2,1H3,(H2,23,24,25)(H,26,27,28). The van der Waals surface area contributed by atoms with Crippen LogP contribution < -0.4 is 10.6 Å². The van der Waals surface area contributed by atoms with Crippen molar-refractivity contribution in [2.45, 2.75) is 31.6 Å². The van der Waals surface area contributed by atoms with Gasteiger partial charge < -0.3 is 15.1 Å². The van der Waals surface area contributed by atoms with Gasteiger partial charge in [-0.3, -0.25) is 10.1 Å². The van der Waals surface area contributed by atoms with E-state index in [9.17, 15) is 0 Å². The molecular weight excluding hydrogens is 388 g/mol. The van der Waals surface area contributed by atoms with E-state index in [0.717, 1.165) is 42.7 Å². The normalized spacial score (nSPS) is 15.3. The maximum Gasteiger partial charge on any atom is 0.216 e. The summed E-state index contributed by atoms with van der Waals surface area (Å²) in [6, 6.07) is 11.8. The highest BCUT2D eigenvalue weighted by atomic mass is 35.5. The molecule has 0 bridgehead atoms. The van der Waals surface area contributed by atoms with E-state index in [1.807, 2.05) is 24.3 Å². The van der Waals surface area contributed by atoms with Crippen molar-refractivity contribution in [3.8, 4) is 11.6 Å². The summed E-state index contributed by atoms with van der Waals surface area (Å²) >= 11 is 6.17. The molecule has 0 atom stereocenters. The van der Waals surface area contributed by atoms with Gasteiger partial charge in [-0.25, -0.2) is 4.98 Å². The summed E-state index contributed by atoms with van der Waals surface area (Å²) in [5.74, 6) is 2.85. The molecule has 0 saturated heterocycles. The number of hydrogen-bond acceptors (Lipinski definition) is 4. The molecule has 3 N–H and O–H groups in total. The third kappa shape index (κ3) is 4.79. The molecule has 29 heavy (non-hydrogen) atoms. The largest absolute Gasteiger partial charge is 0.461 e. The first-order valence-electron chi connectivity index (χ1n) is 9.92. The molecule has 0 aliphatic heterocycles. The van der Waals surface area contributed by atoms with E-state index in [0.29, 0.717) is 24.6 Å². The summed E-state index contributed by atoms with van der Waals surface area (Å²) in [4.78, 5) is 9.29. The van der Waals surface area contributed by atoms with E-state index in [2.05, 4.69) is 44.9 Å². The number of aliphatic imine (C=N–C) groups is 1. The topological polar surface area (TPSA) is 91.1 Å². The van der Waals surface area contributed by atoms with Crippen LogP contribution in [0.5, 0.6) is 0 Å². The molecular formula is C21H25ClN6O. The number of aromatic nitrogens is 3. The highest BCUT2D eigenvalue weighted by molar-refractivity contribution is 6.30. The highest BCUT2D eigenvalue weighted by Crippen LogP contribution is 2.48. The molecule has 152 valence electrons. The number of nitrogens with zero attached hydrogens (tertiary/aromatic N) is 3. The molecule has 0 radical (unpaired) electrons. The van der Waals surface area contributed by atoms with Crippen LogP contribution in [0, 0.1) is 0 Å². The third-order valence-electron chi connectivity index (χ3n) is 5.10. The monoisotopic (exact) mass is 412 g/mol. The summed E-state index contributed by atoms with van der Waals surface area (Å²) in [6.45, 7) is 4.31. The molecule has 1 aromatic carbocycles. The predicted octanol–water partition coefficient (Wildman–Crippen LogP) is 3.55. The molecule has 7 nitrogen and oxygen atoms in total. The number of benzene rings is 1. The number of hydrogen-bond donors (Lipinski definition) is 3. The van der Waals surface area contributed by atoms with Crippen molar-refractivity contribution in [1.82, 2.24) is 25.8 Å². The minimum Gasteiger partial charge on any atom is -0.461 e. The summed E-state index contributed by atoms with van der Waals surface area (Å²) < 4.78 is 5.32. The second-order valence-corrected chi connectivity index (χ2v) is 7.68. The van der Waals surface area contributed by atoms with Gasteiger partial charge in [0.1, 0.15) is 5.82 Å². The molecule has 0 amide bonds. The molecule has 1 saturated carbocycles. The fraction of sp³-hybridized carbons (Fsp3) is 0.381. The lowest BCUT2D eigenvalue weighted by Gasteiger charge is -2.16. The Morgan fingerprint density at radius 3 is 2.90 bits per heavy atom. The molecule has 2 aromatic heterocycles. The van der Waals surface area contributed by atoms with Crippen LogP contribution >= 0.6 is 11.6 Å². The summed E-state index contributed by atoms with van der Waals surface area (Å²) in [5, 5.41) is 14.6. The molecule has 4 rings (SSSR count). The number of furan rings is 1. The Morgan fingerprint density at radius 1 is 1.28 bits per heavy atom. The molecule has 1 aliphatic carbocycles. The maximum atomic E-state index is 6.17. The lowest BCUT2D eigenvalue weighted by atomic mass is 9.96. The van der Waals surface area contributed by atoms with Crippen LogP contribution in [0.3, 0.4) is 0 Å². The first-order chi connectivity index (χ1) is 14.2. The molecule has 1 fully saturated rings. The van der Waals surface area contributed by atoms with E-state index in [-0.39, 0.29) is 5.41 Å². The SMILES string of the molecule is CCNC(=NCC1(c2cccc(Cl)c2)CC1)NCCc1nc(-c2ccco2)n[nH]1. The van der Waals surface area contributed by atoms with Gasteiger partial charge in [0.25, 0.3) is 0 Å². The quantitative estimate of drug-likeness (QED) is 0.389. The first kappa shape index (κ1) is 19.5. The summed E-state index contributed by atoms with van der Waals surface area (Å²) in [6.07, 6.45) is 4.60. The maximum absolute atomic E-state index is 6.17. The van der Waals surface area contributed by atoms with Gasteiger partial charge >= 0.3 is 0 Å². The van der Waals surface area contributed by atoms with E-state index in [4.69, 9.17) is 21.0 Å². The number of rotatable bonds is 8. The lowest BCUT2D eigenvalue weighted by Crippen LogP contribution is -2.39. The zero-order chi connectivity index (χ0) is 20.1. The molecule has 0 unspecified atom stereocenters. The first-order valence-corrected chi connectivity index (χ1v) is 10.3. The van der Waals surface area contributed by atoms with Gasteiger partial charge in [-0.05, 0) is 49.6 Å². The van der Waals surface area contributed by atoms with E-state index in [1.165, 1.54) is 5.56 Å². The number of nitrogens with one attached hydrogen (secondary N) is 3. The Bertz CT molecular complexity index is 961. The number of halogens is 1. The molecule has 8 heteroatoms.